The number of aromatic nitrogens is 2. The van der Waals surface area contributed by atoms with Gasteiger partial charge in [0.05, 0.1) is 24.3 Å². The van der Waals surface area contributed by atoms with Crippen molar-refractivity contribution in [2.45, 2.75) is 38.7 Å². The summed E-state index contributed by atoms with van der Waals surface area (Å²) in [5, 5.41) is 12.7. The quantitative estimate of drug-likeness (QED) is 0.869. The number of nitrogens with one attached hydrogen (secondary N) is 1. The van der Waals surface area contributed by atoms with Crippen molar-refractivity contribution in [1.82, 2.24) is 9.97 Å². The van der Waals surface area contributed by atoms with Crippen LogP contribution in [-0.2, 0) is 22.6 Å². The molecule has 6 nitrogen and oxygen atoms in total. The maximum atomic E-state index is 11.5. The minimum Gasteiger partial charge on any atom is -0.481 e. The first-order chi connectivity index (χ1) is 9.71. The number of fused-ring (bicyclic) bond motifs is 1. The number of aliphatic carboxylic acids is 1. The third kappa shape index (κ3) is 2.35. The molecule has 1 saturated carbocycles. The number of hydrogen-bond acceptors (Lipinski definition) is 5. The van der Waals surface area contributed by atoms with Crippen molar-refractivity contribution >= 4 is 11.8 Å². The number of carboxylic acids is 1. The lowest BCUT2D eigenvalue weighted by Gasteiger charge is -2.26. The molecule has 3 rings (SSSR count). The molecule has 0 unspecified atom stereocenters. The van der Waals surface area contributed by atoms with Gasteiger partial charge in [-0.2, -0.15) is 0 Å². The van der Waals surface area contributed by atoms with Gasteiger partial charge in [-0.05, 0) is 12.8 Å². The van der Waals surface area contributed by atoms with E-state index in [4.69, 9.17) is 4.74 Å². The lowest BCUT2D eigenvalue weighted by atomic mass is 9.86. The fourth-order valence-electron chi connectivity index (χ4n) is 3.08. The van der Waals surface area contributed by atoms with Gasteiger partial charge in [0.2, 0.25) is 0 Å². The molecular formula is C14H19N3O3. The largest absolute Gasteiger partial charge is 0.481 e. The number of anilines is 1. The molecule has 1 aliphatic carbocycles. The highest BCUT2D eigenvalue weighted by Gasteiger charge is 2.41. The minimum absolute atomic E-state index is 0.422. The van der Waals surface area contributed by atoms with Crippen LogP contribution in [0.4, 0.5) is 5.82 Å². The average molecular weight is 277 g/mol. The molecule has 0 radical (unpaired) electrons. The van der Waals surface area contributed by atoms with Gasteiger partial charge >= 0.3 is 5.97 Å². The summed E-state index contributed by atoms with van der Waals surface area (Å²) in [7, 11) is 0. The second kappa shape index (κ2) is 5.36. The molecule has 2 aliphatic rings. The maximum Gasteiger partial charge on any atom is 0.311 e. The molecule has 0 amide bonds. The summed E-state index contributed by atoms with van der Waals surface area (Å²) < 4.78 is 5.44. The van der Waals surface area contributed by atoms with Crippen molar-refractivity contribution < 1.29 is 14.6 Å². The molecule has 0 bridgehead atoms. The van der Waals surface area contributed by atoms with Crippen LogP contribution in [0.15, 0.2) is 6.33 Å². The summed E-state index contributed by atoms with van der Waals surface area (Å²) in [4.78, 5) is 20.0. The summed E-state index contributed by atoms with van der Waals surface area (Å²) in [6.45, 7) is 1.60. The first-order valence-electron chi connectivity index (χ1n) is 7.09. The zero-order chi connectivity index (χ0) is 14.0. The minimum atomic E-state index is -0.707. The van der Waals surface area contributed by atoms with Crippen molar-refractivity contribution in [1.29, 1.82) is 0 Å². The van der Waals surface area contributed by atoms with E-state index in [9.17, 15) is 9.90 Å². The molecule has 0 aromatic carbocycles. The Hall–Kier alpha value is -1.69. The Morgan fingerprint density at radius 3 is 2.95 bits per heavy atom. The first-order valence-corrected chi connectivity index (χ1v) is 7.09. The van der Waals surface area contributed by atoms with Gasteiger partial charge in [0.15, 0.2) is 0 Å². The molecule has 0 atom stereocenters. The van der Waals surface area contributed by atoms with Gasteiger partial charge in [-0.3, -0.25) is 4.79 Å². The summed E-state index contributed by atoms with van der Waals surface area (Å²) in [6.07, 6.45) is 5.77. The van der Waals surface area contributed by atoms with E-state index < -0.39 is 11.4 Å². The predicted molar refractivity (Wildman–Crippen MR) is 72.4 cm³/mol. The molecule has 2 N–H and O–H groups in total. The molecular weight excluding hydrogens is 258 g/mol. The average Bonchev–Trinajstić information content (AvgIpc) is 2.95. The third-order valence-corrected chi connectivity index (χ3v) is 4.37. The molecule has 1 aliphatic heterocycles. The van der Waals surface area contributed by atoms with Crippen molar-refractivity contribution in [2.75, 3.05) is 18.5 Å². The Labute approximate surface area is 117 Å². The molecule has 2 heterocycles. The molecule has 1 aromatic heterocycles. The topological polar surface area (TPSA) is 84.3 Å². The molecule has 6 heteroatoms. The standard InChI is InChI=1S/C14H19N3O3/c18-13(19)14(4-1-2-5-14)8-15-12-10-7-20-6-3-11(10)16-9-17-12/h9H,1-8H2,(H,18,19)(H,15,16,17). The Morgan fingerprint density at radius 1 is 1.40 bits per heavy atom. The summed E-state index contributed by atoms with van der Waals surface area (Å²) >= 11 is 0. The van der Waals surface area contributed by atoms with E-state index in [0.29, 0.717) is 19.8 Å². The zero-order valence-electron chi connectivity index (χ0n) is 11.4. The number of rotatable bonds is 4. The van der Waals surface area contributed by atoms with E-state index in [2.05, 4.69) is 15.3 Å². The highest BCUT2D eigenvalue weighted by Crippen LogP contribution is 2.38. The van der Waals surface area contributed by atoms with E-state index in [1.54, 1.807) is 0 Å². The van der Waals surface area contributed by atoms with Gasteiger partial charge < -0.3 is 15.2 Å². The van der Waals surface area contributed by atoms with Crippen molar-refractivity contribution in [3.63, 3.8) is 0 Å². The van der Waals surface area contributed by atoms with E-state index >= 15 is 0 Å². The Balaban J connectivity index is 1.77. The lowest BCUT2D eigenvalue weighted by molar-refractivity contribution is -0.147. The van der Waals surface area contributed by atoms with Crippen molar-refractivity contribution in [3.05, 3.63) is 17.6 Å². The SMILES string of the molecule is O=C(O)C1(CNc2ncnc3c2COCC3)CCCC1. The van der Waals surface area contributed by atoms with Crippen LogP contribution >= 0.6 is 0 Å². The number of ether oxygens (including phenoxy) is 1. The van der Waals surface area contributed by atoms with Crippen LogP contribution in [0.25, 0.3) is 0 Å². The highest BCUT2D eigenvalue weighted by molar-refractivity contribution is 5.76. The van der Waals surface area contributed by atoms with Crippen LogP contribution in [0, 0.1) is 5.41 Å². The third-order valence-electron chi connectivity index (χ3n) is 4.37. The number of nitrogens with zero attached hydrogens (tertiary/aromatic N) is 2. The molecule has 0 spiro atoms. The predicted octanol–water partition coefficient (Wildman–Crippen LogP) is 1.61. The monoisotopic (exact) mass is 277 g/mol. The summed E-state index contributed by atoms with van der Waals surface area (Å²) in [5.41, 5.74) is 1.33. The lowest BCUT2D eigenvalue weighted by Crippen LogP contribution is -2.35. The summed E-state index contributed by atoms with van der Waals surface area (Å²) in [5.74, 6) is 0.0175. The van der Waals surface area contributed by atoms with Gasteiger partial charge in [-0.1, -0.05) is 12.8 Å². The van der Waals surface area contributed by atoms with E-state index in [1.807, 2.05) is 0 Å². The first kappa shape index (κ1) is 13.3. The van der Waals surface area contributed by atoms with Crippen LogP contribution in [0.1, 0.15) is 36.9 Å². The number of carboxylic acid groups (broad SMARTS) is 1. The van der Waals surface area contributed by atoms with Crippen LogP contribution in [-0.4, -0.2) is 34.2 Å². The smallest absolute Gasteiger partial charge is 0.311 e. The summed E-state index contributed by atoms with van der Waals surface area (Å²) in [6, 6.07) is 0. The van der Waals surface area contributed by atoms with Gasteiger partial charge in [0.25, 0.3) is 0 Å². The van der Waals surface area contributed by atoms with Crippen LogP contribution in [0.2, 0.25) is 0 Å². The van der Waals surface area contributed by atoms with Gasteiger partial charge in [0, 0.05) is 18.5 Å². The van der Waals surface area contributed by atoms with Gasteiger partial charge in [-0.15, -0.1) is 0 Å². The molecule has 20 heavy (non-hydrogen) atoms. The van der Waals surface area contributed by atoms with Crippen LogP contribution in [0.3, 0.4) is 0 Å². The second-order valence-corrected chi connectivity index (χ2v) is 5.60. The normalized spacial score (nSPS) is 20.4. The second-order valence-electron chi connectivity index (χ2n) is 5.60. The Bertz CT molecular complexity index is 512. The fourth-order valence-corrected chi connectivity index (χ4v) is 3.08. The Morgan fingerprint density at radius 2 is 2.20 bits per heavy atom. The van der Waals surface area contributed by atoms with Crippen molar-refractivity contribution in [2.24, 2.45) is 5.41 Å². The van der Waals surface area contributed by atoms with E-state index in [-0.39, 0.29) is 0 Å². The molecule has 0 saturated heterocycles. The highest BCUT2D eigenvalue weighted by atomic mass is 16.5. The van der Waals surface area contributed by atoms with E-state index in [0.717, 1.165) is 49.2 Å². The van der Waals surface area contributed by atoms with Crippen molar-refractivity contribution in [3.8, 4) is 0 Å². The fraction of sp³-hybridized carbons (Fsp3) is 0.643. The number of carbonyl (C=O) groups is 1. The van der Waals surface area contributed by atoms with E-state index in [1.165, 1.54) is 6.33 Å². The van der Waals surface area contributed by atoms with Gasteiger partial charge in [0.1, 0.15) is 12.1 Å². The number of hydrogen-bond donors (Lipinski definition) is 2. The Kier molecular flexibility index (Phi) is 3.56. The maximum absolute atomic E-state index is 11.5. The molecule has 1 aromatic rings. The van der Waals surface area contributed by atoms with Gasteiger partial charge in [-0.25, -0.2) is 9.97 Å². The zero-order valence-corrected chi connectivity index (χ0v) is 11.4. The van der Waals surface area contributed by atoms with Crippen LogP contribution in [0.5, 0.6) is 0 Å². The molecule has 108 valence electrons. The molecule has 1 fully saturated rings. The van der Waals surface area contributed by atoms with Crippen LogP contribution < -0.4 is 5.32 Å².